The fraction of sp³-hybridized carbons (Fsp3) is 0.391. The normalized spacial score (nSPS) is 16.0. The Labute approximate surface area is 161 Å². The number of rotatable bonds is 4. The van der Waals surface area contributed by atoms with Gasteiger partial charge in [0.25, 0.3) is 0 Å². The molecule has 1 atom stereocenters. The van der Waals surface area contributed by atoms with E-state index in [1.165, 1.54) is 16.7 Å². The van der Waals surface area contributed by atoms with Crippen LogP contribution in [0.5, 0.6) is 0 Å². The van der Waals surface area contributed by atoms with Gasteiger partial charge in [-0.2, -0.15) is 0 Å². The summed E-state index contributed by atoms with van der Waals surface area (Å²) in [6.07, 6.45) is 1.20. The summed E-state index contributed by atoms with van der Waals surface area (Å²) in [5.41, 5.74) is 6.82. The van der Waals surface area contributed by atoms with Crippen molar-refractivity contribution in [2.75, 3.05) is 6.54 Å². The standard InChI is InChI=1S/C23H28N2O2/c1-5-21(26)25-11-10-18-8-6-7-9-19(18)22(25)23(27)24-14-20-16(3)12-15(2)13-17(20)4/h6-9,12-13,22H,5,10-11,14H2,1-4H3,(H,24,27)/t22-/m1/s1. The van der Waals surface area contributed by atoms with Crippen LogP contribution in [0.4, 0.5) is 0 Å². The number of carbonyl (C=O) groups excluding carboxylic acids is 2. The van der Waals surface area contributed by atoms with Crippen LogP contribution >= 0.6 is 0 Å². The molecule has 142 valence electrons. The summed E-state index contributed by atoms with van der Waals surface area (Å²) < 4.78 is 0. The number of nitrogens with zero attached hydrogens (tertiary/aromatic N) is 1. The summed E-state index contributed by atoms with van der Waals surface area (Å²) in [5, 5.41) is 3.09. The van der Waals surface area contributed by atoms with Crippen molar-refractivity contribution in [2.45, 2.75) is 53.1 Å². The second-order valence-electron chi connectivity index (χ2n) is 7.39. The van der Waals surface area contributed by atoms with Crippen molar-refractivity contribution < 1.29 is 9.59 Å². The first kappa shape index (κ1) is 19.2. The number of carbonyl (C=O) groups is 2. The molecular weight excluding hydrogens is 336 g/mol. The molecule has 4 nitrogen and oxygen atoms in total. The van der Waals surface area contributed by atoms with Crippen molar-refractivity contribution >= 4 is 11.8 Å². The molecule has 0 bridgehead atoms. The van der Waals surface area contributed by atoms with Gasteiger partial charge in [0.15, 0.2) is 0 Å². The topological polar surface area (TPSA) is 49.4 Å². The molecule has 1 aliphatic rings. The Hall–Kier alpha value is -2.62. The molecule has 3 rings (SSSR count). The van der Waals surface area contributed by atoms with Gasteiger partial charge in [0, 0.05) is 19.5 Å². The number of fused-ring (bicyclic) bond motifs is 1. The molecule has 2 aromatic rings. The van der Waals surface area contributed by atoms with Crippen molar-refractivity contribution in [2.24, 2.45) is 0 Å². The van der Waals surface area contributed by atoms with Gasteiger partial charge >= 0.3 is 0 Å². The molecule has 2 amide bonds. The van der Waals surface area contributed by atoms with Crippen LogP contribution in [0.15, 0.2) is 36.4 Å². The minimum atomic E-state index is -0.548. The summed E-state index contributed by atoms with van der Waals surface area (Å²) in [6.45, 7) is 9.13. The van der Waals surface area contributed by atoms with E-state index in [0.717, 1.165) is 23.1 Å². The van der Waals surface area contributed by atoms with Crippen molar-refractivity contribution in [1.29, 1.82) is 0 Å². The van der Waals surface area contributed by atoms with E-state index in [4.69, 9.17) is 0 Å². The van der Waals surface area contributed by atoms with Crippen LogP contribution in [0.25, 0.3) is 0 Å². The first-order chi connectivity index (χ1) is 12.9. The largest absolute Gasteiger partial charge is 0.350 e. The van der Waals surface area contributed by atoms with Gasteiger partial charge in [-0.15, -0.1) is 0 Å². The van der Waals surface area contributed by atoms with E-state index < -0.39 is 6.04 Å². The number of hydrogen-bond donors (Lipinski definition) is 1. The van der Waals surface area contributed by atoms with Crippen LogP contribution < -0.4 is 5.32 Å². The number of amides is 2. The van der Waals surface area contributed by atoms with Gasteiger partial charge < -0.3 is 10.2 Å². The molecular formula is C23H28N2O2. The smallest absolute Gasteiger partial charge is 0.247 e. The average molecular weight is 364 g/mol. The van der Waals surface area contributed by atoms with E-state index in [0.29, 0.717) is 19.5 Å². The summed E-state index contributed by atoms with van der Waals surface area (Å²) in [7, 11) is 0. The minimum Gasteiger partial charge on any atom is -0.350 e. The molecule has 0 spiro atoms. The second kappa shape index (κ2) is 7.95. The highest BCUT2D eigenvalue weighted by atomic mass is 16.2. The van der Waals surface area contributed by atoms with Crippen LogP contribution in [0, 0.1) is 20.8 Å². The highest BCUT2D eigenvalue weighted by molar-refractivity contribution is 5.89. The zero-order valence-corrected chi connectivity index (χ0v) is 16.6. The SMILES string of the molecule is CCC(=O)N1CCc2ccccc2[C@@H]1C(=O)NCc1c(C)cc(C)cc1C. The Balaban J connectivity index is 1.86. The van der Waals surface area contributed by atoms with Gasteiger partial charge in [-0.25, -0.2) is 0 Å². The Bertz CT molecular complexity index is 849. The fourth-order valence-corrected chi connectivity index (χ4v) is 4.08. The number of nitrogens with one attached hydrogen (secondary N) is 1. The van der Waals surface area contributed by atoms with Gasteiger partial charge in [-0.1, -0.05) is 48.9 Å². The quantitative estimate of drug-likeness (QED) is 0.898. The van der Waals surface area contributed by atoms with Crippen LogP contribution in [0.3, 0.4) is 0 Å². The maximum Gasteiger partial charge on any atom is 0.247 e. The molecule has 1 N–H and O–H groups in total. The molecule has 0 saturated heterocycles. The van der Waals surface area contributed by atoms with Gasteiger partial charge in [0.1, 0.15) is 6.04 Å². The van der Waals surface area contributed by atoms with Crippen LogP contribution in [-0.4, -0.2) is 23.3 Å². The Morgan fingerprint density at radius 2 is 1.78 bits per heavy atom. The lowest BCUT2D eigenvalue weighted by Gasteiger charge is -2.36. The van der Waals surface area contributed by atoms with Crippen LogP contribution in [-0.2, 0) is 22.6 Å². The van der Waals surface area contributed by atoms with Gasteiger partial charge in [0.2, 0.25) is 11.8 Å². The van der Waals surface area contributed by atoms with Crippen LogP contribution in [0.1, 0.15) is 52.8 Å². The second-order valence-corrected chi connectivity index (χ2v) is 7.39. The molecule has 1 heterocycles. The van der Waals surface area contributed by atoms with E-state index in [9.17, 15) is 9.59 Å². The lowest BCUT2D eigenvalue weighted by molar-refractivity contribution is -0.141. The third kappa shape index (κ3) is 3.90. The monoisotopic (exact) mass is 364 g/mol. The van der Waals surface area contributed by atoms with E-state index in [2.05, 4.69) is 44.3 Å². The molecule has 27 heavy (non-hydrogen) atoms. The maximum absolute atomic E-state index is 13.1. The Kier molecular flexibility index (Phi) is 5.64. The average Bonchev–Trinajstić information content (AvgIpc) is 2.65. The van der Waals surface area contributed by atoms with E-state index in [1.807, 2.05) is 25.1 Å². The predicted molar refractivity (Wildman–Crippen MR) is 107 cm³/mol. The van der Waals surface area contributed by atoms with Crippen molar-refractivity contribution in [3.8, 4) is 0 Å². The zero-order valence-electron chi connectivity index (χ0n) is 16.6. The highest BCUT2D eigenvalue weighted by Crippen LogP contribution is 2.30. The number of benzene rings is 2. The van der Waals surface area contributed by atoms with E-state index in [1.54, 1.807) is 4.90 Å². The number of hydrogen-bond acceptors (Lipinski definition) is 2. The maximum atomic E-state index is 13.1. The van der Waals surface area contributed by atoms with Crippen molar-refractivity contribution in [3.05, 3.63) is 69.8 Å². The molecule has 0 radical (unpaired) electrons. The van der Waals surface area contributed by atoms with Crippen LogP contribution in [0.2, 0.25) is 0 Å². The minimum absolute atomic E-state index is 0.0207. The number of aryl methyl sites for hydroxylation is 3. The Morgan fingerprint density at radius 1 is 1.11 bits per heavy atom. The Morgan fingerprint density at radius 3 is 2.44 bits per heavy atom. The lowest BCUT2D eigenvalue weighted by atomic mass is 9.91. The third-order valence-corrected chi connectivity index (χ3v) is 5.43. The van der Waals surface area contributed by atoms with E-state index >= 15 is 0 Å². The van der Waals surface area contributed by atoms with Gasteiger partial charge in [-0.3, -0.25) is 9.59 Å². The molecule has 4 heteroatoms. The zero-order chi connectivity index (χ0) is 19.6. The third-order valence-electron chi connectivity index (χ3n) is 5.43. The summed E-state index contributed by atoms with van der Waals surface area (Å²) >= 11 is 0. The molecule has 0 aliphatic carbocycles. The molecule has 1 aliphatic heterocycles. The lowest BCUT2D eigenvalue weighted by Crippen LogP contribution is -2.47. The molecule has 0 aromatic heterocycles. The molecule has 2 aromatic carbocycles. The van der Waals surface area contributed by atoms with Crippen molar-refractivity contribution in [3.63, 3.8) is 0 Å². The summed E-state index contributed by atoms with van der Waals surface area (Å²) in [5.74, 6) is -0.0873. The molecule has 0 fully saturated rings. The molecule has 0 saturated carbocycles. The van der Waals surface area contributed by atoms with Crippen molar-refractivity contribution in [1.82, 2.24) is 10.2 Å². The van der Waals surface area contributed by atoms with Gasteiger partial charge in [-0.05, 0) is 55.0 Å². The fourth-order valence-electron chi connectivity index (χ4n) is 4.08. The first-order valence-electron chi connectivity index (χ1n) is 9.64. The van der Waals surface area contributed by atoms with E-state index in [-0.39, 0.29) is 11.8 Å². The molecule has 0 unspecified atom stereocenters. The highest BCUT2D eigenvalue weighted by Gasteiger charge is 2.34. The predicted octanol–water partition coefficient (Wildman–Crippen LogP) is 3.76. The summed E-state index contributed by atoms with van der Waals surface area (Å²) in [6, 6.07) is 11.7. The first-order valence-corrected chi connectivity index (χ1v) is 9.64. The summed E-state index contributed by atoms with van der Waals surface area (Å²) in [4.78, 5) is 27.3. The van der Waals surface area contributed by atoms with Gasteiger partial charge in [0.05, 0.1) is 0 Å².